The first-order valence-electron chi connectivity index (χ1n) is 9.63. The third kappa shape index (κ3) is 1.69. The van der Waals surface area contributed by atoms with Crippen molar-refractivity contribution < 1.29 is 0 Å². The van der Waals surface area contributed by atoms with Gasteiger partial charge in [-0.2, -0.15) is 0 Å². The van der Waals surface area contributed by atoms with Crippen molar-refractivity contribution in [2.24, 2.45) is 0 Å². The van der Waals surface area contributed by atoms with E-state index in [4.69, 9.17) is 0 Å². The number of fused-ring (bicyclic) bond motifs is 10. The van der Waals surface area contributed by atoms with E-state index < -0.39 is 0 Å². The summed E-state index contributed by atoms with van der Waals surface area (Å²) >= 11 is 0. The van der Waals surface area contributed by atoms with Crippen LogP contribution in [0.2, 0.25) is 0 Å². The second-order valence-electron chi connectivity index (χ2n) is 7.94. The molecule has 0 amide bonds. The molecule has 0 fully saturated rings. The van der Waals surface area contributed by atoms with Crippen LogP contribution in [-0.2, 0) is 5.41 Å². The van der Waals surface area contributed by atoms with Gasteiger partial charge in [-0.25, -0.2) is 0 Å². The molecular weight excluding hydrogens is 324 g/mol. The Morgan fingerprint density at radius 1 is 0.444 bits per heavy atom. The van der Waals surface area contributed by atoms with Crippen molar-refractivity contribution in [2.45, 2.75) is 19.3 Å². The molecule has 0 bridgehead atoms. The lowest BCUT2D eigenvalue weighted by Crippen LogP contribution is -2.25. The fraction of sp³-hybridized carbons (Fsp3) is 0.111. The van der Waals surface area contributed by atoms with Crippen LogP contribution in [0.3, 0.4) is 0 Å². The van der Waals surface area contributed by atoms with Crippen LogP contribution in [-0.4, -0.2) is 0 Å². The zero-order valence-electron chi connectivity index (χ0n) is 15.6. The summed E-state index contributed by atoms with van der Waals surface area (Å²) in [7, 11) is 0. The molecule has 0 aromatic heterocycles. The minimum absolute atomic E-state index is 0.197. The summed E-state index contributed by atoms with van der Waals surface area (Å²) in [5.41, 5.74) is 13.6. The van der Waals surface area contributed by atoms with Gasteiger partial charge in [-0.05, 0) is 58.4 Å². The predicted octanol–water partition coefficient (Wildman–Crippen LogP) is 6.65. The first-order chi connectivity index (χ1) is 13.2. The highest BCUT2D eigenvalue weighted by atomic mass is 14.5. The summed E-state index contributed by atoms with van der Waals surface area (Å²) in [4.78, 5) is 0. The van der Waals surface area contributed by atoms with Crippen LogP contribution < -0.4 is 0 Å². The van der Waals surface area contributed by atoms with Gasteiger partial charge < -0.3 is 0 Å². The van der Waals surface area contributed by atoms with Crippen LogP contribution in [0.25, 0.3) is 22.3 Å². The Balaban J connectivity index is 1.87. The summed E-state index contributed by atoms with van der Waals surface area (Å²) in [6.07, 6.45) is 0. The average molecular weight is 344 g/mol. The second kappa shape index (κ2) is 4.98. The van der Waals surface area contributed by atoms with Crippen LogP contribution >= 0.6 is 0 Å². The van der Waals surface area contributed by atoms with E-state index in [0.29, 0.717) is 0 Å². The Hall–Kier alpha value is -3.12. The van der Waals surface area contributed by atoms with Crippen molar-refractivity contribution in [3.05, 3.63) is 118 Å². The highest BCUT2D eigenvalue weighted by Gasteiger charge is 2.51. The molecule has 0 nitrogen and oxygen atoms in total. The lowest BCUT2D eigenvalue weighted by molar-refractivity contribution is 0.792. The molecule has 0 aliphatic heterocycles. The van der Waals surface area contributed by atoms with Gasteiger partial charge in [-0.1, -0.05) is 96.1 Å². The summed E-state index contributed by atoms with van der Waals surface area (Å²) in [6, 6.07) is 31.9. The molecule has 6 rings (SSSR count). The number of benzene rings is 4. The Labute approximate surface area is 160 Å². The molecule has 0 heterocycles. The van der Waals surface area contributed by atoms with Gasteiger partial charge in [-0.3, -0.25) is 0 Å². The molecule has 0 heteroatoms. The van der Waals surface area contributed by atoms with Gasteiger partial charge in [0.1, 0.15) is 0 Å². The first-order valence-corrected chi connectivity index (χ1v) is 9.63. The monoisotopic (exact) mass is 344 g/mol. The lowest BCUT2D eigenvalue weighted by atomic mass is 9.70. The number of rotatable bonds is 0. The molecule has 0 N–H and O–H groups in total. The molecule has 2 aliphatic carbocycles. The van der Waals surface area contributed by atoms with Crippen LogP contribution in [0.5, 0.6) is 0 Å². The van der Waals surface area contributed by atoms with Crippen LogP contribution in [0.15, 0.2) is 84.9 Å². The molecule has 4 aromatic rings. The van der Waals surface area contributed by atoms with Gasteiger partial charge >= 0.3 is 0 Å². The van der Waals surface area contributed by atoms with Gasteiger partial charge in [0, 0.05) is 0 Å². The van der Waals surface area contributed by atoms with Gasteiger partial charge in [0.25, 0.3) is 0 Å². The lowest BCUT2D eigenvalue weighted by Gasteiger charge is -2.30. The zero-order chi connectivity index (χ0) is 18.2. The predicted molar refractivity (Wildman–Crippen MR) is 112 cm³/mol. The first kappa shape index (κ1) is 15.0. The number of aryl methyl sites for hydroxylation is 2. The minimum Gasteiger partial charge on any atom is -0.0619 e. The zero-order valence-corrected chi connectivity index (χ0v) is 15.6. The van der Waals surface area contributed by atoms with E-state index in [1.807, 2.05) is 0 Å². The number of hydrogen-bond donors (Lipinski definition) is 0. The molecule has 1 atom stereocenters. The summed E-state index contributed by atoms with van der Waals surface area (Å²) in [5, 5.41) is 0. The van der Waals surface area contributed by atoms with Crippen molar-refractivity contribution in [3.8, 4) is 22.3 Å². The maximum Gasteiger partial charge on any atom is 0.0725 e. The molecule has 1 unspecified atom stereocenters. The standard InChI is InChI=1S/C27H20/c1-17-12-14-25-22(15-17)20-8-4-6-10-24(20)27(25)23-9-5-3-7-19(23)21-13-11-18(2)16-26(21)27/h3-16H,1-2H3. The normalized spacial score (nSPS) is 18.1. The van der Waals surface area contributed by atoms with E-state index in [1.165, 1.54) is 55.6 Å². The van der Waals surface area contributed by atoms with E-state index in [1.54, 1.807) is 0 Å². The molecule has 0 saturated carbocycles. The van der Waals surface area contributed by atoms with Crippen molar-refractivity contribution in [3.63, 3.8) is 0 Å². The van der Waals surface area contributed by atoms with E-state index in [0.717, 1.165) is 0 Å². The third-order valence-corrected chi connectivity index (χ3v) is 6.40. The van der Waals surface area contributed by atoms with Crippen LogP contribution in [0.4, 0.5) is 0 Å². The number of hydrogen-bond acceptors (Lipinski definition) is 0. The minimum atomic E-state index is -0.197. The highest BCUT2D eigenvalue weighted by Crippen LogP contribution is 2.62. The van der Waals surface area contributed by atoms with Crippen molar-refractivity contribution in [2.75, 3.05) is 0 Å². The van der Waals surface area contributed by atoms with Crippen LogP contribution in [0.1, 0.15) is 33.4 Å². The highest BCUT2D eigenvalue weighted by molar-refractivity contribution is 5.95. The molecule has 2 aliphatic rings. The fourth-order valence-corrected chi connectivity index (χ4v) is 5.37. The van der Waals surface area contributed by atoms with Gasteiger partial charge in [-0.15, -0.1) is 0 Å². The second-order valence-corrected chi connectivity index (χ2v) is 7.94. The van der Waals surface area contributed by atoms with Crippen LogP contribution in [0, 0.1) is 13.8 Å². The molecular formula is C27H20. The van der Waals surface area contributed by atoms with Gasteiger partial charge in [0.15, 0.2) is 0 Å². The Morgan fingerprint density at radius 3 is 1.70 bits per heavy atom. The molecule has 0 saturated heterocycles. The summed E-state index contributed by atoms with van der Waals surface area (Å²) in [5.74, 6) is 0. The van der Waals surface area contributed by atoms with Crippen molar-refractivity contribution in [1.82, 2.24) is 0 Å². The average Bonchev–Trinajstić information content (AvgIpc) is 3.14. The van der Waals surface area contributed by atoms with E-state index in [9.17, 15) is 0 Å². The smallest absolute Gasteiger partial charge is 0.0619 e. The molecule has 128 valence electrons. The SMILES string of the molecule is Cc1ccc2c(c1)-c1ccccc1C21c2ccccc2-c2ccc(C)cc21. The van der Waals surface area contributed by atoms with Crippen molar-refractivity contribution >= 4 is 0 Å². The van der Waals surface area contributed by atoms with E-state index in [2.05, 4.69) is 98.8 Å². The summed E-state index contributed by atoms with van der Waals surface area (Å²) < 4.78 is 0. The van der Waals surface area contributed by atoms with E-state index in [-0.39, 0.29) is 5.41 Å². The van der Waals surface area contributed by atoms with Crippen molar-refractivity contribution in [1.29, 1.82) is 0 Å². The quantitative estimate of drug-likeness (QED) is 0.289. The third-order valence-electron chi connectivity index (χ3n) is 6.40. The molecule has 4 aromatic carbocycles. The Kier molecular flexibility index (Phi) is 2.77. The molecule has 1 spiro atoms. The van der Waals surface area contributed by atoms with Gasteiger partial charge in [0.05, 0.1) is 5.41 Å². The summed E-state index contributed by atoms with van der Waals surface area (Å²) in [6.45, 7) is 4.39. The van der Waals surface area contributed by atoms with Gasteiger partial charge in [0.2, 0.25) is 0 Å². The topological polar surface area (TPSA) is 0 Å². The largest absolute Gasteiger partial charge is 0.0725 e. The molecule has 0 radical (unpaired) electrons. The maximum absolute atomic E-state index is 2.40. The Bertz CT molecular complexity index is 1240. The Morgan fingerprint density at radius 2 is 0.963 bits per heavy atom. The fourth-order valence-electron chi connectivity index (χ4n) is 5.37. The maximum atomic E-state index is 2.40. The van der Waals surface area contributed by atoms with E-state index >= 15 is 0 Å². The molecule has 27 heavy (non-hydrogen) atoms.